The Bertz CT molecular complexity index is 78.6. The normalized spacial score (nSPS) is 28.8. The van der Waals surface area contributed by atoms with Gasteiger partial charge >= 0.3 is 0 Å². The van der Waals surface area contributed by atoms with Gasteiger partial charge in [-0.3, -0.25) is 0 Å². The number of rotatable bonds is 2. The quantitative estimate of drug-likeness (QED) is 0.592. The highest BCUT2D eigenvalue weighted by atomic mass is 32.3. The molecule has 0 bridgehead atoms. The highest BCUT2D eigenvalue weighted by Crippen LogP contribution is 2.52. The first-order valence-corrected chi connectivity index (χ1v) is 5.73. The summed E-state index contributed by atoms with van der Waals surface area (Å²) in [6.45, 7) is 0.909. The highest BCUT2D eigenvalue weighted by Gasteiger charge is 2.24. The molecule has 1 rings (SSSR count). The molecule has 0 aromatic heterocycles. The van der Waals surface area contributed by atoms with Gasteiger partial charge in [-0.2, -0.15) is 0 Å². The molecular formula is C6H15NS. The van der Waals surface area contributed by atoms with Crippen LogP contribution in [0.3, 0.4) is 0 Å². The third-order valence-corrected chi connectivity index (χ3v) is 5.65. The lowest BCUT2D eigenvalue weighted by atomic mass is 10.5. The molecule has 0 unspecified atom stereocenters. The van der Waals surface area contributed by atoms with E-state index in [4.69, 9.17) is 5.73 Å². The van der Waals surface area contributed by atoms with Crippen LogP contribution in [0.1, 0.15) is 6.42 Å². The van der Waals surface area contributed by atoms with E-state index in [2.05, 4.69) is 6.26 Å². The molecule has 0 spiro atoms. The van der Waals surface area contributed by atoms with E-state index >= 15 is 0 Å². The van der Waals surface area contributed by atoms with Crippen molar-refractivity contribution in [2.75, 3.05) is 30.1 Å². The largest absolute Gasteiger partial charge is 0.330 e. The van der Waals surface area contributed by atoms with Gasteiger partial charge in [0.05, 0.1) is 0 Å². The molecule has 0 aliphatic carbocycles. The molecule has 0 atom stereocenters. The summed E-state index contributed by atoms with van der Waals surface area (Å²) in [5.74, 6) is 4.29. The van der Waals surface area contributed by atoms with E-state index in [0.717, 1.165) is 6.54 Å². The molecule has 1 aliphatic heterocycles. The van der Waals surface area contributed by atoms with Gasteiger partial charge in [-0.25, -0.2) is 10.0 Å². The molecule has 50 valence electrons. The number of hydrogen-bond acceptors (Lipinski definition) is 1. The van der Waals surface area contributed by atoms with E-state index in [9.17, 15) is 0 Å². The lowest BCUT2D eigenvalue weighted by molar-refractivity contribution is 0.997. The first-order valence-electron chi connectivity index (χ1n) is 3.18. The van der Waals surface area contributed by atoms with Crippen molar-refractivity contribution < 1.29 is 0 Å². The van der Waals surface area contributed by atoms with Crippen LogP contribution in [0.4, 0.5) is 0 Å². The van der Waals surface area contributed by atoms with E-state index in [1.165, 1.54) is 23.7 Å². The Morgan fingerprint density at radius 1 is 1.50 bits per heavy atom. The van der Waals surface area contributed by atoms with Gasteiger partial charge < -0.3 is 5.73 Å². The monoisotopic (exact) mass is 133 g/mol. The summed E-state index contributed by atoms with van der Waals surface area (Å²) in [7, 11) is -0.114. The zero-order chi connectivity index (χ0) is 6.04. The zero-order valence-corrected chi connectivity index (χ0v) is 6.34. The first-order chi connectivity index (χ1) is 3.77. The fourth-order valence-corrected chi connectivity index (χ4v) is 3.38. The number of hydrogen-bond donors (Lipinski definition) is 1. The minimum atomic E-state index is -0.114. The van der Waals surface area contributed by atoms with Crippen molar-refractivity contribution >= 4 is 10.0 Å². The van der Waals surface area contributed by atoms with Crippen molar-refractivity contribution in [2.45, 2.75) is 6.42 Å². The molecule has 2 heteroatoms. The van der Waals surface area contributed by atoms with Crippen LogP contribution in [0.15, 0.2) is 0 Å². The summed E-state index contributed by atoms with van der Waals surface area (Å²) in [5.41, 5.74) is 5.44. The van der Waals surface area contributed by atoms with E-state index in [1.54, 1.807) is 0 Å². The molecule has 1 fully saturated rings. The third-order valence-electron chi connectivity index (χ3n) is 1.88. The predicted octanol–water partition coefficient (Wildman–Crippen LogP) is 0.783. The fourth-order valence-electron chi connectivity index (χ4n) is 1.13. The Labute approximate surface area is 53.0 Å². The molecule has 0 aromatic rings. The maximum absolute atomic E-state index is 5.44. The molecule has 0 amide bonds. The van der Waals surface area contributed by atoms with Gasteiger partial charge in [-0.05, 0) is 36.5 Å². The molecule has 1 nitrogen and oxygen atoms in total. The average molecular weight is 133 g/mol. The fraction of sp³-hybridized carbons (Fsp3) is 1.00. The second-order valence-electron chi connectivity index (χ2n) is 2.73. The van der Waals surface area contributed by atoms with Crippen LogP contribution in [0.5, 0.6) is 0 Å². The Hall–Kier alpha value is 0.310. The summed E-state index contributed by atoms with van der Waals surface area (Å²) in [6, 6.07) is 0. The molecule has 1 saturated heterocycles. The smallest absolute Gasteiger partial charge is 0.0000858 e. The van der Waals surface area contributed by atoms with Crippen molar-refractivity contribution in [2.24, 2.45) is 5.73 Å². The summed E-state index contributed by atoms with van der Waals surface area (Å²) >= 11 is 0. The van der Waals surface area contributed by atoms with Crippen molar-refractivity contribution in [1.29, 1.82) is 0 Å². The van der Waals surface area contributed by atoms with Crippen LogP contribution in [0, 0.1) is 0 Å². The van der Waals surface area contributed by atoms with Crippen LogP contribution in [-0.2, 0) is 0 Å². The van der Waals surface area contributed by atoms with Crippen LogP contribution < -0.4 is 5.73 Å². The molecule has 2 N–H and O–H groups in total. The molecule has 0 saturated carbocycles. The summed E-state index contributed by atoms with van der Waals surface area (Å²) in [5, 5.41) is 0. The lowest BCUT2D eigenvalue weighted by Gasteiger charge is -2.44. The minimum Gasteiger partial charge on any atom is -0.330 e. The summed E-state index contributed by atoms with van der Waals surface area (Å²) in [6.07, 6.45) is 3.88. The zero-order valence-electron chi connectivity index (χ0n) is 5.52. The van der Waals surface area contributed by atoms with Crippen molar-refractivity contribution in [3.05, 3.63) is 0 Å². The van der Waals surface area contributed by atoms with Crippen LogP contribution in [0.2, 0.25) is 0 Å². The van der Waals surface area contributed by atoms with Gasteiger partial charge in [0, 0.05) is 0 Å². The molecule has 0 radical (unpaired) electrons. The van der Waals surface area contributed by atoms with Crippen LogP contribution in [-0.4, -0.2) is 30.1 Å². The molecule has 1 aliphatic rings. The van der Waals surface area contributed by atoms with Crippen LogP contribution in [0.25, 0.3) is 0 Å². The maximum Gasteiger partial charge on any atom is -0.0000858 e. The molecule has 1 heterocycles. The van der Waals surface area contributed by atoms with E-state index < -0.39 is 0 Å². The second-order valence-corrected chi connectivity index (χ2v) is 6.91. The topological polar surface area (TPSA) is 26.0 Å². The average Bonchev–Trinajstić information content (AvgIpc) is 1.64. The summed E-state index contributed by atoms with van der Waals surface area (Å²) in [4.78, 5) is 0. The Morgan fingerprint density at radius 2 is 2.12 bits per heavy atom. The molecule has 0 aromatic carbocycles. The standard InChI is InChI=1S/C6H15NS/c1-8(6-3-7)4-2-5-8/h2-7H2,1H3. The van der Waals surface area contributed by atoms with Gasteiger partial charge in [0.15, 0.2) is 0 Å². The minimum absolute atomic E-state index is 0.114. The van der Waals surface area contributed by atoms with Crippen molar-refractivity contribution in [1.82, 2.24) is 0 Å². The lowest BCUT2D eigenvalue weighted by Crippen LogP contribution is -2.26. The Morgan fingerprint density at radius 3 is 2.25 bits per heavy atom. The van der Waals surface area contributed by atoms with Crippen LogP contribution >= 0.6 is 10.0 Å². The van der Waals surface area contributed by atoms with Gasteiger partial charge in [-0.15, -0.1) is 0 Å². The van der Waals surface area contributed by atoms with E-state index in [1.807, 2.05) is 0 Å². The second kappa shape index (κ2) is 2.28. The highest BCUT2D eigenvalue weighted by molar-refractivity contribution is 8.34. The van der Waals surface area contributed by atoms with Gasteiger partial charge in [0.25, 0.3) is 0 Å². The molecule has 8 heavy (non-hydrogen) atoms. The number of nitrogens with two attached hydrogens (primary N) is 1. The van der Waals surface area contributed by atoms with Gasteiger partial charge in [0.2, 0.25) is 0 Å². The summed E-state index contributed by atoms with van der Waals surface area (Å²) < 4.78 is 0. The SMILES string of the molecule is CS1(CCN)CCC1. The van der Waals surface area contributed by atoms with E-state index in [-0.39, 0.29) is 10.0 Å². The van der Waals surface area contributed by atoms with Gasteiger partial charge in [-0.1, -0.05) is 0 Å². The molecular weight excluding hydrogens is 118 g/mol. The Kier molecular flexibility index (Phi) is 1.83. The van der Waals surface area contributed by atoms with Gasteiger partial charge in [0.1, 0.15) is 0 Å². The predicted molar refractivity (Wildman–Crippen MR) is 41.8 cm³/mol. The first kappa shape index (κ1) is 6.43. The third kappa shape index (κ3) is 1.17. The van der Waals surface area contributed by atoms with Crippen molar-refractivity contribution in [3.63, 3.8) is 0 Å². The maximum atomic E-state index is 5.44. The Balaban J connectivity index is 2.20. The van der Waals surface area contributed by atoms with Crippen molar-refractivity contribution in [3.8, 4) is 0 Å². The van der Waals surface area contributed by atoms with E-state index in [0.29, 0.717) is 0 Å².